The van der Waals surface area contributed by atoms with Crippen LogP contribution in [0.5, 0.6) is 0 Å². The second-order valence-electron chi connectivity index (χ2n) is 4.76. The Bertz CT molecular complexity index is 171. The number of aliphatic hydroxyl groups is 1. The second-order valence-corrected chi connectivity index (χ2v) is 4.76. The van der Waals surface area contributed by atoms with Gasteiger partial charge in [-0.1, -0.05) is 6.42 Å². The van der Waals surface area contributed by atoms with Crippen LogP contribution in [0.1, 0.15) is 40.0 Å². The minimum absolute atomic E-state index is 0.218. The zero-order valence-corrected chi connectivity index (χ0v) is 10.3. The third-order valence-electron chi connectivity index (χ3n) is 3.05. The van der Waals surface area contributed by atoms with Crippen molar-refractivity contribution in [2.75, 3.05) is 19.7 Å². The number of nitrogens with zero attached hydrogens (tertiary/aromatic N) is 1. The first-order chi connectivity index (χ1) is 7.11. The van der Waals surface area contributed by atoms with Crippen LogP contribution in [0.2, 0.25) is 0 Å². The fourth-order valence-corrected chi connectivity index (χ4v) is 2.25. The van der Waals surface area contributed by atoms with Gasteiger partial charge in [0.25, 0.3) is 0 Å². The highest BCUT2D eigenvalue weighted by atomic mass is 16.5. The Labute approximate surface area is 93.4 Å². The molecule has 1 aliphatic rings. The summed E-state index contributed by atoms with van der Waals surface area (Å²) in [6, 6.07) is 0.342. The summed E-state index contributed by atoms with van der Waals surface area (Å²) < 4.78 is 5.55. The summed E-state index contributed by atoms with van der Waals surface area (Å²) in [5, 5.41) is 9.67. The van der Waals surface area contributed by atoms with Gasteiger partial charge < -0.3 is 9.84 Å². The van der Waals surface area contributed by atoms with Crippen molar-refractivity contribution in [3.8, 4) is 0 Å². The molecule has 1 saturated heterocycles. The molecule has 0 aromatic heterocycles. The van der Waals surface area contributed by atoms with Crippen LogP contribution in [0, 0.1) is 0 Å². The quantitative estimate of drug-likeness (QED) is 0.757. The molecule has 0 spiro atoms. The number of ether oxygens (including phenoxy) is 1. The number of hydrogen-bond donors (Lipinski definition) is 1. The highest BCUT2D eigenvalue weighted by molar-refractivity contribution is 4.80. The van der Waals surface area contributed by atoms with Gasteiger partial charge in [0.15, 0.2) is 0 Å². The molecule has 3 heteroatoms. The molecular weight excluding hydrogens is 190 g/mol. The van der Waals surface area contributed by atoms with Crippen LogP contribution in [0.25, 0.3) is 0 Å². The topological polar surface area (TPSA) is 32.7 Å². The van der Waals surface area contributed by atoms with Gasteiger partial charge in [-0.2, -0.15) is 0 Å². The lowest BCUT2D eigenvalue weighted by molar-refractivity contribution is 0.00354. The Hall–Kier alpha value is -0.120. The molecule has 0 radical (unpaired) electrons. The van der Waals surface area contributed by atoms with E-state index in [2.05, 4.69) is 18.7 Å². The Morgan fingerprint density at radius 1 is 1.33 bits per heavy atom. The van der Waals surface area contributed by atoms with Crippen molar-refractivity contribution in [3.63, 3.8) is 0 Å². The molecular formula is C12H25NO2. The number of aliphatic hydroxyl groups excluding tert-OH is 1. The van der Waals surface area contributed by atoms with Crippen molar-refractivity contribution in [2.24, 2.45) is 0 Å². The summed E-state index contributed by atoms with van der Waals surface area (Å²) in [6.45, 7) is 8.85. The summed E-state index contributed by atoms with van der Waals surface area (Å²) in [6.07, 6.45) is 3.71. The molecule has 3 nitrogen and oxygen atoms in total. The normalized spacial score (nSPS) is 25.8. The lowest BCUT2D eigenvalue weighted by Gasteiger charge is -2.37. The fraction of sp³-hybridized carbons (Fsp3) is 1.00. The highest BCUT2D eigenvalue weighted by Gasteiger charge is 2.25. The molecule has 0 amide bonds. The summed E-state index contributed by atoms with van der Waals surface area (Å²) in [4.78, 5) is 2.37. The van der Waals surface area contributed by atoms with Crippen LogP contribution >= 0.6 is 0 Å². The average molecular weight is 215 g/mol. The SMILES string of the molecule is CC(C)OCCN1CCCC[C@H]1[C@@H](C)O. The van der Waals surface area contributed by atoms with Gasteiger partial charge in [0.1, 0.15) is 0 Å². The van der Waals surface area contributed by atoms with Gasteiger partial charge >= 0.3 is 0 Å². The van der Waals surface area contributed by atoms with Gasteiger partial charge in [0.05, 0.1) is 18.8 Å². The minimum atomic E-state index is -0.218. The van der Waals surface area contributed by atoms with Gasteiger partial charge in [-0.3, -0.25) is 4.90 Å². The van der Waals surface area contributed by atoms with Crippen LogP contribution in [-0.2, 0) is 4.74 Å². The van der Waals surface area contributed by atoms with E-state index in [-0.39, 0.29) is 6.10 Å². The Morgan fingerprint density at radius 3 is 2.67 bits per heavy atom. The molecule has 2 atom stereocenters. The highest BCUT2D eigenvalue weighted by Crippen LogP contribution is 2.19. The summed E-state index contributed by atoms with van der Waals surface area (Å²) in [5.74, 6) is 0. The minimum Gasteiger partial charge on any atom is -0.392 e. The van der Waals surface area contributed by atoms with Crippen LogP contribution in [0.4, 0.5) is 0 Å². The third kappa shape index (κ3) is 4.49. The standard InChI is InChI=1S/C12H25NO2/c1-10(2)15-9-8-13-7-5-4-6-12(13)11(3)14/h10-12,14H,4-9H2,1-3H3/t11-,12+/m1/s1. The number of rotatable bonds is 5. The summed E-state index contributed by atoms with van der Waals surface area (Å²) >= 11 is 0. The number of piperidine rings is 1. The molecule has 1 heterocycles. The van der Waals surface area contributed by atoms with Crippen molar-refractivity contribution < 1.29 is 9.84 Å². The zero-order chi connectivity index (χ0) is 11.3. The van der Waals surface area contributed by atoms with Crippen molar-refractivity contribution in [2.45, 2.75) is 58.3 Å². The maximum atomic E-state index is 9.67. The first-order valence-electron chi connectivity index (χ1n) is 6.15. The first kappa shape index (κ1) is 12.9. The maximum Gasteiger partial charge on any atom is 0.0667 e. The van der Waals surface area contributed by atoms with E-state index in [0.717, 1.165) is 26.1 Å². The van der Waals surface area contributed by atoms with E-state index in [9.17, 15) is 5.11 Å². The van der Waals surface area contributed by atoms with E-state index in [1.54, 1.807) is 0 Å². The smallest absolute Gasteiger partial charge is 0.0667 e. The predicted molar refractivity (Wildman–Crippen MR) is 62.0 cm³/mol. The van der Waals surface area contributed by atoms with Crippen LogP contribution in [0.3, 0.4) is 0 Å². The predicted octanol–water partition coefficient (Wildman–Crippen LogP) is 1.65. The van der Waals surface area contributed by atoms with E-state index in [4.69, 9.17) is 4.74 Å². The van der Waals surface area contributed by atoms with E-state index in [0.29, 0.717) is 12.1 Å². The molecule has 1 fully saturated rings. The van der Waals surface area contributed by atoms with Gasteiger partial charge in [0, 0.05) is 12.6 Å². The van der Waals surface area contributed by atoms with E-state index in [1.807, 2.05) is 6.92 Å². The molecule has 0 aliphatic carbocycles. The molecule has 0 unspecified atom stereocenters. The van der Waals surface area contributed by atoms with Gasteiger partial charge in [0.2, 0.25) is 0 Å². The molecule has 90 valence electrons. The number of hydrogen-bond acceptors (Lipinski definition) is 3. The Morgan fingerprint density at radius 2 is 2.07 bits per heavy atom. The third-order valence-corrected chi connectivity index (χ3v) is 3.05. The lowest BCUT2D eigenvalue weighted by atomic mass is 9.98. The number of likely N-dealkylation sites (tertiary alicyclic amines) is 1. The van der Waals surface area contributed by atoms with Crippen LogP contribution < -0.4 is 0 Å². The summed E-state index contributed by atoms with van der Waals surface area (Å²) in [7, 11) is 0. The largest absolute Gasteiger partial charge is 0.392 e. The molecule has 1 aliphatic heterocycles. The van der Waals surface area contributed by atoms with Crippen molar-refractivity contribution in [3.05, 3.63) is 0 Å². The second kappa shape index (κ2) is 6.46. The maximum absolute atomic E-state index is 9.67. The van der Waals surface area contributed by atoms with Gasteiger partial charge in [-0.15, -0.1) is 0 Å². The molecule has 0 aromatic rings. The zero-order valence-electron chi connectivity index (χ0n) is 10.3. The Kier molecular flexibility index (Phi) is 5.58. The lowest BCUT2D eigenvalue weighted by Crippen LogP contribution is -2.47. The van der Waals surface area contributed by atoms with Crippen LogP contribution in [-0.4, -0.2) is 48.0 Å². The van der Waals surface area contributed by atoms with Gasteiger partial charge in [-0.25, -0.2) is 0 Å². The first-order valence-corrected chi connectivity index (χ1v) is 6.15. The molecule has 0 bridgehead atoms. The van der Waals surface area contributed by atoms with Gasteiger partial charge in [-0.05, 0) is 40.2 Å². The molecule has 1 rings (SSSR count). The van der Waals surface area contributed by atoms with E-state index >= 15 is 0 Å². The molecule has 1 N–H and O–H groups in total. The van der Waals surface area contributed by atoms with E-state index in [1.165, 1.54) is 12.8 Å². The fourth-order valence-electron chi connectivity index (χ4n) is 2.25. The molecule has 0 saturated carbocycles. The molecule has 15 heavy (non-hydrogen) atoms. The molecule has 0 aromatic carbocycles. The van der Waals surface area contributed by atoms with Crippen molar-refractivity contribution in [1.29, 1.82) is 0 Å². The average Bonchev–Trinajstić information content (AvgIpc) is 2.17. The monoisotopic (exact) mass is 215 g/mol. The van der Waals surface area contributed by atoms with Crippen molar-refractivity contribution >= 4 is 0 Å². The van der Waals surface area contributed by atoms with E-state index < -0.39 is 0 Å². The Balaban J connectivity index is 2.29. The van der Waals surface area contributed by atoms with Crippen molar-refractivity contribution in [1.82, 2.24) is 4.90 Å². The van der Waals surface area contributed by atoms with Crippen LogP contribution in [0.15, 0.2) is 0 Å². The summed E-state index contributed by atoms with van der Waals surface area (Å²) in [5.41, 5.74) is 0.